The van der Waals surface area contributed by atoms with E-state index in [0.29, 0.717) is 23.7 Å². The SMILES string of the molecule is CCOc1ccccc1CN(C)C(=O)Cn1c(-c2cccc(C)c2)n[nH]c1=S. The van der Waals surface area contributed by atoms with E-state index >= 15 is 0 Å². The highest BCUT2D eigenvalue weighted by molar-refractivity contribution is 7.71. The number of hydrogen-bond acceptors (Lipinski definition) is 4. The summed E-state index contributed by atoms with van der Waals surface area (Å²) in [6, 6.07) is 15.7. The first-order chi connectivity index (χ1) is 13.5. The molecule has 1 heterocycles. The van der Waals surface area contributed by atoms with Gasteiger partial charge in [-0.25, -0.2) is 0 Å². The Kier molecular flexibility index (Phi) is 6.26. The second-order valence-electron chi connectivity index (χ2n) is 6.60. The molecule has 0 bridgehead atoms. The highest BCUT2D eigenvalue weighted by Gasteiger charge is 2.16. The van der Waals surface area contributed by atoms with Crippen molar-refractivity contribution < 1.29 is 9.53 Å². The molecule has 1 amide bonds. The van der Waals surface area contributed by atoms with Gasteiger partial charge >= 0.3 is 0 Å². The third-order valence-electron chi connectivity index (χ3n) is 4.43. The molecule has 3 rings (SSSR count). The van der Waals surface area contributed by atoms with Gasteiger partial charge in [0.1, 0.15) is 12.3 Å². The van der Waals surface area contributed by atoms with Crippen LogP contribution in [0.4, 0.5) is 0 Å². The molecule has 0 aliphatic carbocycles. The average Bonchev–Trinajstić information content (AvgIpc) is 3.04. The highest BCUT2D eigenvalue weighted by Crippen LogP contribution is 2.21. The number of para-hydroxylation sites is 1. The number of rotatable bonds is 7. The van der Waals surface area contributed by atoms with Gasteiger partial charge in [-0.3, -0.25) is 14.5 Å². The zero-order valence-electron chi connectivity index (χ0n) is 16.3. The lowest BCUT2D eigenvalue weighted by molar-refractivity contribution is -0.131. The topological polar surface area (TPSA) is 63.1 Å². The molecule has 0 atom stereocenters. The number of amides is 1. The van der Waals surface area contributed by atoms with Gasteiger partial charge in [0.2, 0.25) is 5.91 Å². The fourth-order valence-corrected chi connectivity index (χ4v) is 3.20. The molecular formula is C21H24N4O2S. The molecule has 6 nitrogen and oxygen atoms in total. The van der Waals surface area contributed by atoms with E-state index in [2.05, 4.69) is 10.2 Å². The van der Waals surface area contributed by atoms with E-state index in [1.54, 1.807) is 16.5 Å². The second kappa shape index (κ2) is 8.84. The molecular weight excluding hydrogens is 372 g/mol. The van der Waals surface area contributed by atoms with Crippen LogP contribution in [0.2, 0.25) is 0 Å². The number of nitrogens with zero attached hydrogens (tertiary/aromatic N) is 3. The van der Waals surface area contributed by atoms with Gasteiger partial charge in [0.15, 0.2) is 10.6 Å². The lowest BCUT2D eigenvalue weighted by Gasteiger charge is -2.20. The lowest BCUT2D eigenvalue weighted by atomic mass is 10.1. The third kappa shape index (κ3) is 4.48. The zero-order chi connectivity index (χ0) is 20.1. The number of nitrogens with one attached hydrogen (secondary N) is 1. The van der Waals surface area contributed by atoms with Gasteiger partial charge < -0.3 is 9.64 Å². The van der Waals surface area contributed by atoms with Gasteiger partial charge in [-0.15, -0.1) is 0 Å². The fourth-order valence-electron chi connectivity index (χ4n) is 3.00. The van der Waals surface area contributed by atoms with Crippen molar-refractivity contribution in [2.45, 2.75) is 26.9 Å². The summed E-state index contributed by atoms with van der Waals surface area (Å²) < 4.78 is 7.81. The van der Waals surface area contributed by atoms with Crippen LogP contribution in [0.1, 0.15) is 18.1 Å². The van der Waals surface area contributed by atoms with Crippen LogP contribution in [0, 0.1) is 11.7 Å². The fraction of sp³-hybridized carbons (Fsp3) is 0.286. The molecule has 0 saturated heterocycles. The van der Waals surface area contributed by atoms with E-state index in [1.807, 2.05) is 62.4 Å². The van der Waals surface area contributed by atoms with Crippen LogP contribution in [0.5, 0.6) is 5.75 Å². The summed E-state index contributed by atoms with van der Waals surface area (Å²) >= 11 is 5.35. The summed E-state index contributed by atoms with van der Waals surface area (Å²) in [5, 5.41) is 7.12. The first-order valence-electron chi connectivity index (χ1n) is 9.16. The van der Waals surface area contributed by atoms with Gasteiger partial charge in [-0.1, -0.05) is 42.0 Å². The van der Waals surface area contributed by atoms with Crippen LogP contribution in [-0.4, -0.2) is 39.2 Å². The number of likely N-dealkylation sites (N-methyl/N-ethyl adjacent to an activating group) is 1. The number of hydrogen-bond donors (Lipinski definition) is 1. The summed E-state index contributed by atoms with van der Waals surface area (Å²) in [5.41, 5.74) is 3.01. The van der Waals surface area contributed by atoms with Crippen molar-refractivity contribution in [2.75, 3.05) is 13.7 Å². The molecule has 0 unspecified atom stereocenters. The van der Waals surface area contributed by atoms with Gasteiger partial charge in [0.05, 0.1) is 6.61 Å². The predicted molar refractivity (Wildman–Crippen MR) is 112 cm³/mol. The van der Waals surface area contributed by atoms with Crippen molar-refractivity contribution >= 4 is 18.1 Å². The number of H-pyrrole nitrogens is 1. The van der Waals surface area contributed by atoms with Crippen molar-refractivity contribution in [3.05, 3.63) is 64.4 Å². The maximum Gasteiger partial charge on any atom is 0.242 e. The van der Waals surface area contributed by atoms with E-state index in [0.717, 1.165) is 22.4 Å². The summed E-state index contributed by atoms with van der Waals surface area (Å²) in [4.78, 5) is 14.5. The quantitative estimate of drug-likeness (QED) is 0.614. The molecule has 2 aromatic carbocycles. The van der Waals surface area contributed by atoms with E-state index in [9.17, 15) is 4.79 Å². The van der Waals surface area contributed by atoms with Gasteiger partial charge in [-0.05, 0) is 38.2 Å². The smallest absolute Gasteiger partial charge is 0.242 e. The summed E-state index contributed by atoms with van der Waals surface area (Å²) in [6.45, 7) is 5.12. The minimum Gasteiger partial charge on any atom is -0.494 e. The molecule has 146 valence electrons. The second-order valence-corrected chi connectivity index (χ2v) is 6.99. The third-order valence-corrected chi connectivity index (χ3v) is 4.75. The van der Waals surface area contributed by atoms with E-state index < -0.39 is 0 Å². The van der Waals surface area contributed by atoms with Crippen molar-refractivity contribution in [2.24, 2.45) is 0 Å². The number of aryl methyl sites for hydroxylation is 1. The van der Waals surface area contributed by atoms with Gasteiger partial charge in [0, 0.05) is 24.7 Å². The first kappa shape index (κ1) is 19.8. The summed E-state index contributed by atoms with van der Waals surface area (Å²) in [7, 11) is 1.78. The van der Waals surface area contributed by atoms with Crippen LogP contribution in [-0.2, 0) is 17.9 Å². The first-order valence-corrected chi connectivity index (χ1v) is 9.57. The van der Waals surface area contributed by atoms with Crippen LogP contribution in [0.15, 0.2) is 48.5 Å². The van der Waals surface area contributed by atoms with Gasteiger partial charge in [0.25, 0.3) is 0 Å². The Labute approximate surface area is 169 Å². The van der Waals surface area contributed by atoms with E-state index in [-0.39, 0.29) is 12.5 Å². The number of benzene rings is 2. The Hall–Kier alpha value is -2.93. The average molecular weight is 397 g/mol. The summed E-state index contributed by atoms with van der Waals surface area (Å²) in [5.74, 6) is 1.40. The molecule has 3 aromatic rings. The lowest BCUT2D eigenvalue weighted by Crippen LogP contribution is -2.30. The van der Waals surface area contributed by atoms with Crippen molar-refractivity contribution in [1.82, 2.24) is 19.7 Å². The molecule has 1 aromatic heterocycles. The Morgan fingerprint density at radius 2 is 2.04 bits per heavy atom. The number of ether oxygens (including phenoxy) is 1. The number of carbonyl (C=O) groups is 1. The minimum absolute atomic E-state index is 0.0577. The molecule has 0 radical (unpaired) electrons. The largest absolute Gasteiger partial charge is 0.494 e. The van der Waals surface area contributed by atoms with Gasteiger partial charge in [-0.2, -0.15) is 5.10 Å². The minimum atomic E-state index is -0.0577. The number of aromatic nitrogens is 3. The Morgan fingerprint density at radius 1 is 1.25 bits per heavy atom. The molecule has 0 spiro atoms. The van der Waals surface area contributed by atoms with Crippen LogP contribution < -0.4 is 4.74 Å². The highest BCUT2D eigenvalue weighted by atomic mass is 32.1. The molecule has 7 heteroatoms. The van der Waals surface area contributed by atoms with Crippen LogP contribution in [0.3, 0.4) is 0 Å². The van der Waals surface area contributed by atoms with E-state index in [4.69, 9.17) is 17.0 Å². The number of carbonyl (C=O) groups excluding carboxylic acids is 1. The molecule has 0 saturated carbocycles. The van der Waals surface area contributed by atoms with Crippen LogP contribution in [0.25, 0.3) is 11.4 Å². The summed E-state index contributed by atoms with van der Waals surface area (Å²) in [6.07, 6.45) is 0. The normalized spacial score (nSPS) is 10.7. The van der Waals surface area contributed by atoms with Crippen molar-refractivity contribution in [3.63, 3.8) is 0 Å². The van der Waals surface area contributed by atoms with E-state index in [1.165, 1.54) is 0 Å². The maximum absolute atomic E-state index is 12.9. The number of aromatic amines is 1. The molecule has 1 N–H and O–H groups in total. The zero-order valence-corrected chi connectivity index (χ0v) is 17.1. The molecule has 0 fully saturated rings. The maximum atomic E-state index is 12.9. The van der Waals surface area contributed by atoms with Crippen molar-refractivity contribution in [3.8, 4) is 17.1 Å². The Bertz CT molecular complexity index is 1020. The Balaban J connectivity index is 1.79. The standard InChI is InChI=1S/C21H24N4O2S/c1-4-27-18-11-6-5-9-17(18)13-24(3)19(26)14-25-20(22-23-21(25)28)16-10-7-8-15(2)12-16/h5-12H,4,13-14H2,1-3H3,(H,23,28). The Morgan fingerprint density at radius 3 is 2.79 bits per heavy atom. The predicted octanol–water partition coefficient (Wildman–Crippen LogP) is 3.97. The van der Waals surface area contributed by atoms with Crippen molar-refractivity contribution in [1.29, 1.82) is 0 Å². The molecule has 0 aliphatic rings. The molecule has 28 heavy (non-hydrogen) atoms. The monoisotopic (exact) mass is 396 g/mol. The van der Waals surface area contributed by atoms with Crippen LogP contribution >= 0.6 is 12.2 Å². The molecule has 0 aliphatic heterocycles.